The molecule has 0 bridgehead atoms. The molecule has 5 atom stereocenters. The molecule has 0 heterocycles. The SMILES string of the molecule is CN(C)C1C(=O)C(C(=O)NCNCCCC(=O)O)=C(O)C2(O)C(=O)C3=C(O)c4c(O)cccc4C(C)(O)C3CC12. The minimum Gasteiger partial charge on any atom is -0.508 e. The molecular weight excluding hydrogens is 526 g/mol. The van der Waals surface area contributed by atoms with E-state index in [0.29, 0.717) is 0 Å². The summed E-state index contributed by atoms with van der Waals surface area (Å²) in [5.41, 5.74) is -5.92. The van der Waals surface area contributed by atoms with Gasteiger partial charge in [0.2, 0.25) is 5.78 Å². The average Bonchev–Trinajstić information content (AvgIpc) is 2.86. The molecule has 1 amide bonds. The summed E-state index contributed by atoms with van der Waals surface area (Å²) in [6, 6.07) is 2.94. The van der Waals surface area contributed by atoms with E-state index in [-0.39, 0.29) is 43.6 Å². The molecule has 13 heteroatoms. The topological polar surface area (TPSA) is 217 Å². The summed E-state index contributed by atoms with van der Waals surface area (Å²) in [5, 5.41) is 70.0. The first-order valence-corrected chi connectivity index (χ1v) is 12.8. The van der Waals surface area contributed by atoms with E-state index in [2.05, 4.69) is 10.6 Å². The Kier molecular flexibility index (Phi) is 7.54. The molecule has 1 aromatic carbocycles. The van der Waals surface area contributed by atoms with Crippen LogP contribution in [0.25, 0.3) is 5.76 Å². The number of carbonyl (C=O) groups is 4. The molecule has 4 rings (SSSR count). The molecule has 5 unspecified atom stereocenters. The van der Waals surface area contributed by atoms with E-state index in [1.807, 2.05) is 0 Å². The number of nitrogens with zero attached hydrogens (tertiary/aromatic N) is 1. The fourth-order valence-electron chi connectivity index (χ4n) is 6.17. The summed E-state index contributed by atoms with van der Waals surface area (Å²) in [5.74, 6) is -8.78. The predicted octanol–water partition coefficient (Wildman–Crippen LogP) is -0.328. The Morgan fingerprint density at radius 2 is 1.80 bits per heavy atom. The molecule has 0 radical (unpaired) electrons. The van der Waals surface area contributed by atoms with Gasteiger partial charge in [0.15, 0.2) is 11.4 Å². The number of hydrogen-bond donors (Lipinski definition) is 8. The summed E-state index contributed by atoms with van der Waals surface area (Å²) in [7, 11) is 3.01. The summed E-state index contributed by atoms with van der Waals surface area (Å²) in [4.78, 5) is 52.7. The lowest BCUT2D eigenvalue weighted by atomic mass is 9.54. The van der Waals surface area contributed by atoms with Crippen molar-refractivity contribution >= 4 is 29.2 Å². The summed E-state index contributed by atoms with van der Waals surface area (Å²) < 4.78 is 0. The lowest BCUT2D eigenvalue weighted by Crippen LogP contribution is -2.67. The Labute approximate surface area is 229 Å². The van der Waals surface area contributed by atoms with Crippen LogP contribution in [-0.2, 0) is 24.8 Å². The number of aromatic hydroxyl groups is 1. The molecule has 0 aromatic heterocycles. The van der Waals surface area contributed by atoms with Gasteiger partial charge in [-0.05, 0) is 52.0 Å². The molecule has 13 nitrogen and oxygen atoms in total. The number of carboxylic acids is 1. The second-order valence-corrected chi connectivity index (χ2v) is 10.8. The highest BCUT2D eigenvalue weighted by Gasteiger charge is 2.66. The van der Waals surface area contributed by atoms with Gasteiger partial charge in [-0.1, -0.05) is 12.1 Å². The van der Waals surface area contributed by atoms with Crippen LogP contribution in [0.4, 0.5) is 0 Å². The van der Waals surface area contributed by atoms with Crippen molar-refractivity contribution in [2.45, 2.75) is 43.4 Å². The molecule has 40 heavy (non-hydrogen) atoms. The van der Waals surface area contributed by atoms with Gasteiger partial charge in [0.05, 0.1) is 23.9 Å². The van der Waals surface area contributed by atoms with E-state index in [0.717, 1.165) is 0 Å². The smallest absolute Gasteiger partial charge is 0.303 e. The molecule has 0 aliphatic heterocycles. The molecular formula is C27H33N3O10. The number of benzene rings is 1. The highest BCUT2D eigenvalue weighted by molar-refractivity contribution is 6.25. The average molecular weight is 560 g/mol. The minimum absolute atomic E-state index is 0.0920. The number of fused-ring (bicyclic) bond motifs is 3. The van der Waals surface area contributed by atoms with Gasteiger partial charge in [0.1, 0.15) is 22.8 Å². The first kappa shape index (κ1) is 29.2. The zero-order valence-electron chi connectivity index (χ0n) is 22.3. The van der Waals surface area contributed by atoms with E-state index in [4.69, 9.17) is 5.11 Å². The normalized spacial score (nSPS) is 29.7. The number of aliphatic hydroxyl groups is 4. The maximum atomic E-state index is 14.0. The number of Topliss-reactive ketones (excluding diaryl/α,β-unsaturated/α-hetero) is 2. The molecule has 3 aliphatic carbocycles. The standard InChI is InChI=1S/C27H33N3O10/c1-26(39)12-6-4-7-15(31)17(12)21(34)18-13(26)10-14-20(30(2)3)22(35)19(24(37)27(14,40)23(18)36)25(38)29-11-28-9-5-8-16(32)33/h4,6-7,13-14,20,28,31,34,37,39-40H,5,8-11H2,1-3H3,(H,29,38)(H,32,33). The second kappa shape index (κ2) is 10.3. The third kappa shape index (κ3) is 4.35. The van der Waals surface area contributed by atoms with Gasteiger partial charge in [-0.15, -0.1) is 0 Å². The third-order valence-electron chi connectivity index (χ3n) is 8.12. The molecule has 1 aromatic rings. The summed E-state index contributed by atoms with van der Waals surface area (Å²) in [6.07, 6.45) is -0.0490. The largest absolute Gasteiger partial charge is 0.508 e. The van der Waals surface area contributed by atoms with Crippen LogP contribution in [-0.4, -0.2) is 97.9 Å². The minimum atomic E-state index is -2.80. The number of rotatable bonds is 8. The Bertz CT molecular complexity index is 1350. The van der Waals surface area contributed by atoms with Crippen LogP contribution in [0.2, 0.25) is 0 Å². The first-order chi connectivity index (χ1) is 18.7. The molecule has 216 valence electrons. The van der Waals surface area contributed by atoms with Crippen molar-refractivity contribution in [2.24, 2.45) is 11.8 Å². The van der Waals surface area contributed by atoms with Gasteiger partial charge >= 0.3 is 5.97 Å². The highest BCUT2D eigenvalue weighted by atomic mass is 16.4. The first-order valence-electron chi connectivity index (χ1n) is 12.8. The molecule has 1 saturated carbocycles. The molecule has 1 fully saturated rings. The molecule has 8 N–H and O–H groups in total. The number of phenols is 1. The van der Waals surface area contributed by atoms with Crippen molar-refractivity contribution in [1.82, 2.24) is 15.5 Å². The lowest BCUT2D eigenvalue weighted by Gasteiger charge is -2.53. The third-order valence-corrected chi connectivity index (χ3v) is 8.12. The highest BCUT2D eigenvalue weighted by Crippen LogP contribution is 2.57. The molecule has 3 aliphatic rings. The van der Waals surface area contributed by atoms with Crippen molar-refractivity contribution < 1.29 is 49.8 Å². The number of phenolic OH excluding ortho intramolecular Hbond substituents is 1. The quantitative estimate of drug-likeness (QED) is 0.117. The number of nitrogens with one attached hydrogen (secondary N) is 2. The van der Waals surface area contributed by atoms with Gasteiger partial charge < -0.3 is 36.0 Å². The zero-order chi connectivity index (χ0) is 29.7. The van der Waals surface area contributed by atoms with Crippen molar-refractivity contribution in [3.63, 3.8) is 0 Å². The van der Waals surface area contributed by atoms with E-state index < -0.39 is 80.9 Å². The zero-order valence-corrected chi connectivity index (χ0v) is 22.3. The lowest BCUT2D eigenvalue weighted by molar-refractivity contribution is -0.159. The van der Waals surface area contributed by atoms with Gasteiger partial charge in [-0.3, -0.25) is 29.4 Å². The second-order valence-electron chi connectivity index (χ2n) is 10.8. The van der Waals surface area contributed by atoms with Crippen LogP contribution >= 0.6 is 0 Å². The maximum absolute atomic E-state index is 14.0. The van der Waals surface area contributed by atoms with Crippen LogP contribution < -0.4 is 10.6 Å². The van der Waals surface area contributed by atoms with Crippen LogP contribution in [0.3, 0.4) is 0 Å². The van der Waals surface area contributed by atoms with Crippen molar-refractivity contribution in [3.8, 4) is 5.75 Å². The van der Waals surface area contributed by atoms with Gasteiger partial charge in [0.25, 0.3) is 5.91 Å². The van der Waals surface area contributed by atoms with Crippen LogP contribution in [0.5, 0.6) is 5.75 Å². The monoisotopic (exact) mass is 559 g/mol. The number of likely N-dealkylation sites (N-methyl/N-ethyl adjacent to an activating group) is 1. The number of amides is 1. The van der Waals surface area contributed by atoms with E-state index in [1.54, 1.807) is 0 Å². The fourth-order valence-corrected chi connectivity index (χ4v) is 6.17. The maximum Gasteiger partial charge on any atom is 0.303 e. The van der Waals surface area contributed by atoms with E-state index >= 15 is 0 Å². The number of aliphatic hydroxyl groups excluding tert-OH is 2. The molecule has 0 spiro atoms. The Morgan fingerprint density at radius 1 is 1.12 bits per heavy atom. The van der Waals surface area contributed by atoms with Crippen LogP contribution in [0.1, 0.15) is 37.3 Å². The van der Waals surface area contributed by atoms with Gasteiger partial charge in [-0.25, -0.2) is 0 Å². The van der Waals surface area contributed by atoms with Gasteiger partial charge in [0, 0.05) is 23.8 Å². The molecule has 0 saturated heterocycles. The number of carbonyl (C=O) groups excluding carboxylic acids is 3. The fraction of sp³-hybridized carbons (Fsp3) is 0.481. The van der Waals surface area contributed by atoms with Crippen molar-refractivity contribution in [2.75, 3.05) is 27.3 Å². The predicted molar refractivity (Wildman–Crippen MR) is 139 cm³/mol. The van der Waals surface area contributed by atoms with E-state index in [9.17, 15) is 44.7 Å². The number of aliphatic carboxylic acids is 1. The number of hydrogen-bond acceptors (Lipinski definition) is 11. The number of carboxylic acid groups (broad SMARTS) is 1. The Morgan fingerprint density at radius 3 is 2.42 bits per heavy atom. The summed E-state index contributed by atoms with van der Waals surface area (Å²) in [6.45, 7) is 1.44. The van der Waals surface area contributed by atoms with Crippen LogP contribution in [0, 0.1) is 11.8 Å². The summed E-state index contributed by atoms with van der Waals surface area (Å²) >= 11 is 0. The van der Waals surface area contributed by atoms with E-state index in [1.165, 1.54) is 44.1 Å². The Balaban J connectivity index is 1.77. The van der Waals surface area contributed by atoms with Crippen LogP contribution in [0.15, 0.2) is 35.1 Å². The Hall–Kier alpha value is -3.78. The van der Waals surface area contributed by atoms with Crippen molar-refractivity contribution in [1.29, 1.82) is 0 Å². The van der Waals surface area contributed by atoms with Crippen molar-refractivity contribution in [3.05, 3.63) is 46.2 Å². The number of ketones is 2. The van der Waals surface area contributed by atoms with Gasteiger partial charge in [-0.2, -0.15) is 0 Å².